The Kier molecular flexibility index (Phi) is 16.7. The molecule has 9 aromatic heterocycles. The van der Waals surface area contributed by atoms with Crippen molar-refractivity contribution in [3.8, 4) is 45.0 Å². The molecule has 74 heavy (non-hydrogen) atoms. The van der Waals surface area contributed by atoms with Gasteiger partial charge in [-0.25, -0.2) is 28.7 Å². The summed E-state index contributed by atoms with van der Waals surface area (Å²) in [6, 6.07) is 13.5. The zero-order chi connectivity index (χ0) is 53.4. The Labute approximate surface area is 434 Å². The van der Waals surface area contributed by atoms with Crippen LogP contribution in [0.25, 0.3) is 60.0 Å². The molecule has 0 fully saturated rings. The minimum atomic E-state index is -0.897. The number of pyridine rings is 5. The number of H-pyrrole nitrogens is 2. The van der Waals surface area contributed by atoms with Gasteiger partial charge in [0.05, 0.1) is 34.8 Å². The number of thiophene rings is 2. The molecule has 10 heterocycles. The number of aromatic nitrogens is 9. The van der Waals surface area contributed by atoms with E-state index in [4.69, 9.17) is 5.73 Å². The Morgan fingerprint density at radius 3 is 2.05 bits per heavy atom. The highest BCUT2D eigenvalue weighted by Gasteiger charge is 2.46. The second-order valence-corrected chi connectivity index (χ2v) is 19.3. The molecule has 0 amide bonds. The number of halogens is 4. The number of aryl methyl sites for hydroxylation is 1. The molecule has 12 nitrogen and oxygen atoms in total. The number of terminal acetylenes is 1. The van der Waals surface area contributed by atoms with Crippen LogP contribution in [0.1, 0.15) is 76.3 Å². The number of hydrogen-bond acceptors (Lipinski definition) is 12. The van der Waals surface area contributed by atoms with Crippen molar-refractivity contribution in [2.24, 2.45) is 11.7 Å². The quantitative estimate of drug-likeness (QED) is 0.0425. The first-order valence-electron chi connectivity index (χ1n) is 23.4. The van der Waals surface area contributed by atoms with Crippen LogP contribution < -0.4 is 16.4 Å². The van der Waals surface area contributed by atoms with Crippen molar-refractivity contribution in [1.29, 1.82) is 0 Å². The number of hydrogen-bond donors (Lipinski definition) is 5. The van der Waals surface area contributed by atoms with Crippen LogP contribution in [-0.2, 0) is 12.0 Å². The highest BCUT2D eigenvalue weighted by Crippen LogP contribution is 2.48. The van der Waals surface area contributed by atoms with E-state index < -0.39 is 17.2 Å². The summed E-state index contributed by atoms with van der Waals surface area (Å²) in [6.07, 6.45) is 21.9. The lowest BCUT2D eigenvalue weighted by Crippen LogP contribution is -2.44. The molecule has 1 atom stereocenters. The third kappa shape index (κ3) is 11.0. The maximum absolute atomic E-state index is 15.9. The Hall–Kier alpha value is -8.27. The van der Waals surface area contributed by atoms with Gasteiger partial charge in [-0.15, -0.1) is 35.5 Å². The van der Waals surface area contributed by atoms with Crippen molar-refractivity contribution < 1.29 is 17.6 Å². The SMILES string of the molecule is C#C.C=C(CC(C)C)Nc1cncc(C(=C)/C(F)=C(Cc2nc3nccc(-c4ccc(F)s4)c3[nH]2)\C(N)=C/C)c1.CC.Cc1ccncc1-c1ncc2c(c1F)C(C)(c1nc3nccc(-c4ccc(F)s4)c3[nH]1)N2. The van der Waals surface area contributed by atoms with Crippen molar-refractivity contribution in [3.63, 3.8) is 0 Å². The molecule has 0 saturated carbocycles. The molecule has 0 aliphatic carbocycles. The van der Waals surface area contributed by atoms with E-state index in [1.54, 1.807) is 80.6 Å². The maximum atomic E-state index is 15.9. The van der Waals surface area contributed by atoms with Gasteiger partial charge in [-0.1, -0.05) is 46.9 Å². The van der Waals surface area contributed by atoms with Crippen LogP contribution >= 0.6 is 22.7 Å². The van der Waals surface area contributed by atoms with Crippen LogP contribution in [0.2, 0.25) is 0 Å². The lowest BCUT2D eigenvalue weighted by Gasteiger charge is -2.41. The molecular formula is C56H54F4N12S2. The van der Waals surface area contributed by atoms with Crippen molar-refractivity contribution in [3.05, 3.63) is 178 Å². The molecule has 0 spiro atoms. The standard InChI is InChI=1S/C29H30F2N6S.C23H16F2N6S.C2H6.C2H2/c1-6-23(32)22(27(31)18(5)19-12-20(15-33-14-19)35-17(4)11-16(2)3)13-26-36-28-21(9-10-34-29(28)37-26)24-7-8-25(30)38-24;1-11-5-7-26-9-13(11)19-18(25)17-14(10-28-19)31-23(17,2)22-29-20-12(6-8-27-21(20)30-22)15-3-4-16(24)32-15;2*1-2/h6-10,12,14-16,35H,4-5,11,13,32H2,1-3H3,(H,34,36,37);3-10,31H,1-2H3,(H,27,29,30);1-2H3;1-2H/b23-6+,27-22+;;;. The minimum Gasteiger partial charge on any atom is -0.399 e. The Morgan fingerprint density at radius 2 is 1.46 bits per heavy atom. The maximum Gasteiger partial charge on any atom is 0.178 e. The van der Waals surface area contributed by atoms with Gasteiger partial charge < -0.3 is 26.3 Å². The molecule has 378 valence electrons. The van der Waals surface area contributed by atoms with Gasteiger partial charge in [0.2, 0.25) is 0 Å². The summed E-state index contributed by atoms with van der Waals surface area (Å²) in [5.41, 5.74) is 14.8. The predicted octanol–water partition coefficient (Wildman–Crippen LogP) is 14.2. The van der Waals surface area contributed by atoms with Gasteiger partial charge in [0.15, 0.2) is 27.4 Å². The monoisotopic (exact) mass is 1030 g/mol. The van der Waals surface area contributed by atoms with Crippen LogP contribution in [0.15, 0.2) is 134 Å². The average molecular weight is 1040 g/mol. The number of aromatic amines is 2. The fourth-order valence-corrected chi connectivity index (χ4v) is 9.84. The molecular weight excluding hydrogens is 981 g/mol. The average Bonchev–Trinajstić information content (AvgIpc) is 4.23. The highest BCUT2D eigenvalue weighted by molar-refractivity contribution is 7.14. The molecule has 1 aliphatic heterocycles. The molecule has 18 heteroatoms. The van der Waals surface area contributed by atoms with Gasteiger partial charge in [0.25, 0.3) is 0 Å². The first-order valence-corrected chi connectivity index (χ1v) is 25.1. The summed E-state index contributed by atoms with van der Waals surface area (Å²) in [6.45, 7) is 21.8. The molecule has 1 unspecified atom stereocenters. The normalized spacial score (nSPS) is 14.0. The van der Waals surface area contributed by atoms with Crippen LogP contribution in [0, 0.1) is 41.8 Å². The molecule has 0 radical (unpaired) electrons. The number of nitrogens with zero attached hydrogens (tertiary/aromatic N) is 7. The van der Waals surface area contributed by atoms with Gasteiger partial charge in [-0.05, 0) is 87.2 Å². The van der Waals surface area contributed by atoms with Crippen LogP contribution in [-0.4, -0.2) is 44.9 Å². The Bertz CT molecular complexity index is 3600. The number of nitrogens with two attached hydrogens (primary N) is 1. The van der Waals surface area contributed by atoms with Gasteiger partial charge in [-0.2, -0.15) is 8.78 Å². The molecule has 0 saturated heterocycles. The summed E-state index contributed by atoms with van der Waals surface area (Å²) >= 11 is 2.08. The fraction of sp³-hybridized carbons (Fsp3) is 0.196. The largest absolute Gasteiger partial charge is 0.399 e. The zero-order valence-electron chi connectivity index (χ0n) is 41.8. The summed E-state index contributed by atoms with van der Waals surface area (Å²) in [7, 11) is 0. The molecule has 10 rings (SSSR count). The first kappa shape index (κ1) is 53.5. The van der Waals surface area contributed by atoms with Gasteiger partial charge in [0.1, 0.15) is 28.7 Å². The zero-order valence-corrected chi connectivity index (χ0v) is 43.5. The Morgan fingerprint density at radius 1 is 0.824 bits per heavy atom. The fourth-order valence-electron chi connectivity index (χ4n) is 8.31. The number of anilines is 2. The van der Waals surface area contributed by atoms with Crippen molar-refractivity contribution in [1.82, 2.24) is 44.9 Å². The van der Waals surface area contributed by atoms with Crippen LogP contribution in [0.4, 0.5) is 28.9 Å². The number of allylic oxidation sites excluding steroid dienone is 5. The number of imidazole rings is 2. The molecule has 1 aliphatic rings. The van der Waals surface area contributed by atoms with Crippen molar-refractivity contribution in [2.75, 3.05) is 10.6 Å². The first-order chi connectivity index (χ1) is 35.6. The summed E-state index contributed by atoms with van der Waals surface area (Å²) in [5, 5.41) is 5.96. The van der Waals surface area contributed by atoms with E-state index in [1.807, 2.05) is 39.8 Å². The highest BCUT2D eigenvalue weighted by atomic mass is 32.1. The lowest BCUT2D eigenvalue weighted by molar-refractivity contribution is 0.508. The molecule has 9 aromatic rings. The van der Waals surface area contributed by atoms with Crippen LogP contribution in [0.5, 0.6) is 0 Å². The summed E-state index contributed by atoms with van der Waals surface area (Å²) in [4.78, 5) is 38.6. The molecule has 0 bridgehead atoms. The van der Waals surface area contributed by atoms with Gasteiger partial charge in [-0.3, -0.25) is 15.0 Å². The van der Waals surface area contributed by atoms with E-state index in [2.05, 4.69) is 95.3 Å². The summed E-state index contributed by atoms with van der Waals surface area (Å²) in [5.74, 6) is 0.474. The number of fused-ring (bicyclic) bond motifs is 3. The van der Waals surface area contributed by atoms with E-state index in [0.717, 1.165) is 61.2 Å². The molecule has 0 aromatic carbocycles. The summed E-state index contributed by atoms with van der Waals surface area (Å²) < 4.78 is 58.9. The van der Waals surface area contributed by atoms with E-state index in [-0.39, 0.29) is 39.2 Å². The topological polar surface area (TPSA) is 172 Å². The van der Waals surface area contributed by atoms with E-state index in [0.29, 0.717) is 68.0 Å². The molecule has 6 N–H and O–H groups in total. The van der Waals surface area contributed by atoms with Gasteiger partial charge >= 0.3 is 0 Å². The third-order valence-electron chi connectivity index (χ3n) is 11.8. The Balaban J connectivity index is 0.000000205. The van der Waals surface area contributed by atoms with Crippen molar-refractivity contribution in [2.45, 2.75) is 66.8 Å². The second kappa shape index (κ2) is 23.1. The number of rotatable bonds is 13. The van der Waals surface area contributed by atoms with Gasteiger partial charge in [0, 0.05) is 97.5 Å². The van der Waals surface area contributed by atoms with E-state index in [1.165, 1.54) is 12.1 Å². The lowest BCUT2D eigenvalue weighted by atomic mass is 9.81. The second-order valence-electron chi connectivity index (χ2n) is 17.2. The third-order valence-corrected chi connectivity index (χ3v) is 13.6. The van der Waals surface area contributed by atoms with E-state index >= 15 is 8.78 Å². The predicted molar refractivity (Wildman–Crippen MR) is 293 cm³/mol. The minimum absolute atomic E-state index is 0.0756. The smallest absolute Gasteiger partial charge is 0.178 e. The number of nitrogens with one attached hydrogen (secondary N) is 4. The van der Waals surface area contributed by atoms with Crippen LogP contribution in [0.3, 0.4) is 0 Å². The van der Waals surface area contributed by atoms with Crippen molar-refractivity contribution >= 4 is 61.9 Å². The van der Waals surface area contributed by atoms with E-state index in [9.17, 15) is 8.78 Å².